The van der Waals surface area contributed by atoms with Gasteiger partial charge in [-0.3, -0.25) is 0 Å². The molecule has 0 aliphatic carbocycles. The summed E-state index contributed by atoms with van der Waals surface area (Å²) in [6, 6.07) is 20.4. The van der Waals surface area contributed by atoms with E-state index in [0.29, 0.717) is 0 Å². The molecule has 144 valence electrons. The van der Waals surface area contributed by atoms with E-state index in [4.69, 9.17) is 16.3 Å². The topological polar surface area (TPSA) is 33.3 Å². The molecule has 28 heavy (non-hydrogen) atoms. The number of nitrogens with one attached hydrogen (secondary N) is 2. The number of hydrogen-bond donors (Lipinski definition) is 2. The molecule has 3 aromatic carbocycles. The van der Waals surface area contributed by atoms with Crippen LogP contribution in [-0.2, 0) is 19.4 Å². The molecule has 3 aromatic rings. The van der Waals surface area contributed by atoms with Crippen molar-refractivity contribution in [2.24, 2.45) is 0 Å². The van der Waals surface area contributed by atoms with Crippen LogP contribution in [-0.4, -0.2) is 13.1 Å². The van der Waals surface area contributed by atoms with Gasteiger partial charge in [0.1, 0.15) is 11.5 Å². The quantitative estimate of drug-likeness (QED) is 0.580. The van der Waals surface area contributed by atoms with Gasteiger partial charge in [-0.1, -0.05) is 47.5 Å². The lowest BCUT2D eigenvalue weighted by atomic mass is 10.0. The van der Waals surface area contributed by atoms with Crippen LogP contribution in [0.25, 0.3) is 0 Å². The Bertz CT molecular complexity index is 936. The highest BCUT2D eigenvalue weighted by Crippen LogP contribution is 2.31. The molecule has 0 amide bonds. The van der Waals surface area contributed by atoms with E-state index in [1.54, 1.807) is 0 Å². The van der Waals surface area contributed by atoms with Gasteiger partial charge in [-0.15, -0.1) is 0 Å². The van der Waals surface area contributed by atoms with Gasteiger partial charge in [-0.05, 0) is 79.9 Å². The van der Waals surface area contributed by atoms with Crippen LogP contribution in [0.5, 0.6) is 11.5 Å². The van der Waals surface area contributed by atoms with Crippen molar-refractivity contribution in [2.45, 2.75) is 26.3 Å². The Labute approximate surface area is 171 Å². The highest BCUT2D eigenvalue weighted by molar-refractivity contribution is 6.33. The zero-order valence-electron chi connectivity index (χ0n) is 16.1. The highest BCUT2D eigenvalue weighted by atomic mass is 35.5. The highest BCUT2D eigenvalue weighted by Gasteiger charge is 2.14. The van der Waals surface area contributed by atoms with Gasteiger partial charge in [-0.25, -0.2) is 0 Å². The summed E-state index contributed by atoms with van der Waals surface area (Å²) in [5.74, 6) is 1.69. The minimum atomic E-state index is 0.731. The van der Waals surface area contributed by atoms with Crippen LogP contribution in [0.4, 0.5) is 5.69 Å². The zero-order valence-corrected chi connectivity index (χ0v) is 16.9. The molecule has 0 aromatic heterocycles. The molecule has 0 radical (unpaired) electrons. The normalized spacial score (nSPS) is 13.5. The number of fused-ring (bicyclic) bond motifs is 1. The molecule has 4 rings (SSSR count). The smallest absolute Gasteiger partial charge is 0.127 e. The fraction of sp³-hybridized carbons (Fsp3) is 0.250. The second kappa shape index (κ2) is 8.68. The number of aryl methyl sites for hydroxylation is 1. The summed E-state index contributed by atoms with van der Waals surface area (Å²) in [5, 5.41) is 7.81. The minimum absolute atomic E-state index is 0.731. The lowest BCUT2D eigenvalue weighted by Crippen LogP contribution is -2.16. The predicted molar refractivity (Wildman–Crippen MR) is 117 cm³/mol. The number of anilines is 1. The largest absolute Gasteiger partial charge is 0.457 e. The summed E-state index contributed by atoms with van der Waals surface area (Å²) in [6.45, 7) is 4.82. The second-order valence-corrected chi connectivity index (χ2v) is 7.63. The van der Waals surface area contributed by atoms with Gasteiger partial charge < -0.3 is 15.4 Å². The van der Waals surface area contributed by atoms with Gasteiger partial charge in [0.2, 0.25) is 0 Å². The summed E-state index contributed by atoms with van der Waals surface area (Å²) in [7, 11) is 0. The third-order valence-corrected chi connectivity index (χ3v) is 5.45. The summed E-state index contributed by atoms with van der Waals surface area (Å²) in [4.78, 5) is 0. The minimum Gasteiger partial charge on any atom is -0.457 e. The average molecular weight is 393 g/mol. The van der Waals surface area contributed by atoms with Crippen LogP contribution in [0.15, 0.2) is 60.7 Å². The van der Waals surface area contributed by atoms with E-state index >= 15 is 0 Å². The lowest BCUT2D eigenvalue weighted by Gasteiger charge is -2.16. The SMILES string of the molecule is Cc1ccc(Oc2ccc(CNc3c(Cl)ccc4c3CCNCC4)cc2)cc1. The Morgan fingerprint density at radius 3 is 2.32 bits per heavy atom. The first-order chi connectivity index (χ1) is 13.7. The summed E-state index contributed by atoms with van der Waals surface area (Å²) in [6.07, 6.45) is 2.05. The predicted octanol–water partition coefficient (Wildman–Crippen LogP) is 5.74. The molecule has 1 heterocycles. The van der Waals surface area contributed by atoms with E-state index in [0.717, 1.165) is 54.7 Å². The molecule has 0 spiro atoms. The Kier molecular flexibility index (Phi) is 5.84. The van der Waals surface area contributed by atoms with E-state index < -0.39 is 0 Å². The molecule has 0 bridgehead atoms. The first kappa shape index (κ1) is 18.9. The zero-order chi connectivity index (χ0) is 19.3. The number of benzene rings is 3. The number of halogens is 1. The molecular weight excluding hydrogens is 368 g/mol. The van der Waals surface area contributed by atoms with Gasteiger partial charge in [0.15, 0.2) is 0 Å². The van der Waals surface area contributed by atoms with Gasteiger partial charge >= 0.3 is 0 Å². The maximum atomic E-state index is 6.50. The first-order valence-electron chi connectivity index (χ1n) is 9.77. The molecule has 3 nitrogen and oxygen atoms in total. The Morgan fingerprint density at radius 2 is 1.57 bits per heavy atom. The standard InChI is InChI=1S/C24H25ClN2O/c1-17-2-7-20(8-3-17)28-21-9-4-18(5-10-21)16-27-24-22-13-15-26-14-12-19(22)6-11-23(24)25/h2-11,26-27H,12-16H2,1H3. The maximum Gasteiger partial charge on any atom is 0.127 e. The van der Waals surface area contributed by atoms with Crippen LogP contribution in [0.1, 0.15) is 22.3 Å². The molecule has 1 aliphatic rings. The van der Waals surface area contributed by atoms with Crippen molar-refractivity contribution in [2.75, 3.05) is 18.4 Å². The van der Waals surface area contributed by atoms with Crippen LogP contribution >= 0.6 is 11.6 Å². The van der Waals surface area contributed by atoms with Crippen molar-refractivity contribution in [1.29, 1.82) is 0 Å². The lowest BCUT2D eigenvalue weighted by molar-refractivity contribution is 0.482. The Morgan fingerprint density at radius 1 is 0.893 bits per heavy atom. The first-order valence-corrected chi connectivity index (χ1v) is 10.1. The van der Waals surface area contributed by atoms with Crippen molar-refractivity contribution < 1.29 is 4.74 Å². The molecule has 0 saturated carbocycles. The van der Waals surface area contributed by atoms with Crippen molar-refractivity contribution >= 4 is 17.3 Å². The Balaban J connectivity index is 1.43. The van der Waals surface area contributed by atoms with Gasteiger partial charge in [0, 0.05) is 6.54 Å². The van der Waals surface area contributed by atoms with Crippen LogP contribution in [0.2, 0.25) is 5.02 Å². The average Bonchev–Trinajstić information content (AvgIpc) is 2.96. The second-order valence-electron chi connectivity index (χ2n) is 7.22. The summed E-state index contributed by atoms with van der Waals surface area (Å²) < 4.78 is 5.91. The molecule has 0 fully saturated rings. The van der Waals surface area contributed by atoms with Crippen molar-refractivity contribution in [1.82, 2.24) is 5.32 Å². The van der Waals surface area contributed by atoms with Crippen molar-refractivity contribution in [3.05, 3.63) is 87.9 Å². The summed E-state index contributed by atoms with van der Waals surface area (Å²) in [5.41, 5.74) is 6.22. The van der Waals surface area contributed by atoms with Crippen LogP contribution in [0.3, 0.4) is 0 Å². The van der Waals surface area contributed by atoms with Crippen molar-refractivity contribution in [3.63, 3.8) is 0 Å². The third-order valence-electron chi connectivity index (χ3n) is 5.13. The van der Waals surface area contributed by atoms with Gasteiger partial charge in [0.05, 0.1) is 10.7 Å². The molecule has 2 N–H and O–H groups in total. The van der Waals surface area contributed by atoms with E-state index in [-0.39, 0.29) is 0 Å². The molecule has 0 atom stereocenters. The van der Waals surface area contributed by atoms with E-state index in [9.17, 15) is 0 Å². The van der Waals surface area contributed by atoms with Crippen LogP contribution < -0.4 is 15.4 Å². The van der Waals surface area contributed by atoms with E-state index in [1.165, 1.54) is 22.3 Å². The summed E-state index contributed by atoms with van der Waals surface area (Å²) >= 11 is 6.50. The number of ether oxygens (including phenoxy) is 1. The van der Waals surface area contributed by atoms with Crippen LogP contribution in [0, 0.1) is 6.92 Å². The van der Waals surface area contributed by atoms with Crippen molar-refractivity contribution in [3.8, 4) is 11.5 Å². The number of hydrogen-bond acceptors (Lipinski definition) is 3. The van der Waals surface area contributed by atoms with E-state index in [2.05, 4.69) is 47.9 Å². The molecule has 1 aliphatic heterocycles. The number of rotatable bonds is 5. The van der Waals surface area contributed by atoms with Gasteiger partial charge in [0.25, 0.3) is 0 Å². The fourth-order valence-electron chi connectivity index (χ4n) is 3.54. The third kappa shape index (κ3) is 4.49. The van der Waals surface area contributed by atoms with E-state index in [1.807, 2.05) is 30.3 Å². The monoisotopic (exact) mass is 392 g/mol. The Hall–Kier alpha value is -2.49. The van der Waals surface area contributed by atoms with Gasteiger partial charge in [-0.2, -0.15) is 0 Å². The molecular formula is C24H25ClN2O. The molecule has 4 heteroatoms. The molecule has 0 unspecified atom stereocenters. The fourth-order valence-corrected chi connectivity index (χ4v) is 3.79. The maximum absolute atomic E-state index is 6.50. The molecule has 0 saturated heterocycles.